The van der Waals surface area contributed by atoms with Gasteiger partial charge in [0.15, 0.2) is 5.78 Å². The summed E-state index contributed by atoms with van der Waals surface area (Å²) in [6.45, 7) is 10.6. The van der Waals surface area contributed by atoms with Gasteiger partial charge >= 0.3 is 5.97 Å². The molecule has 0 radical (unpaired) electrons. The highest BCUT2D eigenvalue weighted by Gasteiger charge is 2.12. The van der Waals surface area contributed by atoms with Crippen molar-refractivity contribution in [3.05, 3.63) is 0 Å². The Kier molecular flexibility index (Phi) is 40.0. The van der Waals surface area contributed by atoms with Gasteiger partial charge in [-0.05, 0) is 58.0 Å². The molecule has 0 rings (SSSR count). The number of aliphatic hydroxyl groups excluding tert-OH is 1. The lowest BCUT2D eigenvalue weighted by Crippen LogP contribution is -2.29. The van der Waals surface area contributed by atoms with Gasteiger partial charge in [0.25, 0.3) is 0 Å². The topological polar surface area (TPSA) is 76.1 Å². The molecule has 0 fully saturated rings. The Labute approximate surface area is 312 Å². The van der Waals surface area contributed by atoms with E-state index in [4.69, 9.17) is 9.47 Å². The lowest BCUT2D eigenvalue weighted by molar-refractivity contribution is -0.143. The molecule has 1 N–H and O–H groups in total. The third kappa shape index (κ3) is 36.8. The van der Waals surface area contributed by atoms with Gasteiger partial charge in [-0.2, -0.15) is 0 Å². The summed E-state index contributed by atoms with van der Waals surface area (Å²) in [6.07, 6.45) is 37.7. The first-order chi connectivity index (χ1) is 24.6. The van der Waals surface area contributed by atoms with Gasteiger partial charge in [-0.3, -0.25) is 9.59 Å². The number of carbonyl (C=O) groups excluding carboxylic acids is 2. The normalized spacial score (nSPS) is 11.6. The molecule has 0 atom stereocenters. The van der Waals surface area contributed by atoms with Gasteiger partial charge in [-0.1, -0.05) is 168 Å². The molecule has 6 heteroatoms. The molecule has 0 aromatic rings. The van der Waals surface area contributed by atoms with Crippen LogP contribution in [0.25, 0.3) is 0 Å². The predicted octanol–water partition coefficient (Wildman–Crippen LogP) is 12.3. The van der Waals surface area contributed by atoms with Crippen LogP contribution in [0.3, 0.4) is 0 Å². The second-order valence-corrected chi connectivity index (χ2v) is 15.2. The van der Waals surface area contributed by atoms with Crippen LogP contribution in [-0.2, 0) is 19.1 Å². The number of unbranched alkanes of at least 4 members (excludes halogenated alkanes) is 23. The van der Waals surface area contributed by atoms with Crippen molar-refractivity contribution in [2.24, 2.45) is 0 Å². The highest BCUT2D eigenvalue weighted by Crippen LogP contribution is 2.18. The van der Waals surface area contributed by atoms with Gasteiger partial charge in [0.1, 0.15) is 6.61 Å². The van der Waals surface area contributed by atoms with Crippen LogP contribution in [0.2, 0.25) is 0 Å². The van der Waals surface area contributed by atoms with Crippen molar-refractivity contribution in [2.75, 3.05) is 39.5 Å². The number of aliphatic hydroxyl groups is 1. The highest BCUT2D eigenvalue weighted by molar-refractivity contribution is 5.79. The summed E-state index contributed by atoms with van der Waals surface area (Å²) < 4.78 is 11.6. The number of esters is 1. The van der Waals surface area contributed by atoms with Crippen LogP contribution in [0.1, 0.15) is 226 Å². The summed E-state index contributed by atoms with van der Waals surface area (Å²) in [6, 6.07) is 0. The van der Waals surface area contributed by atoms with Gasteiger partial charge < -0.3 is 19.5 Å². The Morgan fingerprint density at radius 1 is 0.500 bits per heavy atom. The fourth-order valence-electron chi connectivity index (χ4n) is 6.84. The molecule has 0 aromatic carbocycles. The quantitative estimate of drug-likeness (QED) is 0.0502. The molecule has 6 nitrogen and oxygen atoms in total. The Morgan fingerprint density at radius 3 is 1.42 bits per heavy atom. The summed E-state index contributed by atoms with van der Waals surface area (Å²) in [5.41, 5.74) is 0. The van der Waals surface area contributed by atoms with E-state index < -0.39 is 0 Å². The maximum atomic E-state index is 12.6. The largest absolute Gasteiger partial charge is 0.466 e. The third-order valence-electron chi connectivity index (χ3n) is 10.2. The average molecular weight is 710 g/mol. The molecule has 0 amide bonds. The van der Waals surface area contributed by atoms with E-state index >= 15 is 0 Å². The zero-order chi connectivity index (χ0) is 36.6. The first kappa shape index (κ1) is 49.0. The Morgan fingerprint density at radius 2 is 0.920 bits per heavy atom. The van der Waals surface area contributed by atoms with Crippen LogP contribution in [0.15, 0.2) is 0 Å². The number of hydrogen-bond acceptors (Lipinski definition) is 6. The van der Waals surface area contributed by atoms with Crippen molar-refractivity contribution in [2.45, 2.75) is 232 Å². The van der Waals surface area contributed by atoms with Crippen molar-refractivity contribution in [3.8, 4) is 0 Å². The molecular formula is C44H87NO5. The van der Waals surface area contributed by atoms with Gasteiger partial charge in [0.2, 0.25) is 0 Å². The molecule has 0 heterocycles. The van der Waals surface area contributed by atoms with Gasteiger partial charge in [0, 0.05) is 19.4 Å². The fraction of sp³-hybridized carbons (Fsp3) is 0.955. The van der Waals surface area contributed by atoms with Crippen LogP contribution in [0.4, 0.5) is 0 Å². The van der Waals surface area contributed by atoms with Crippen molar-refractivity contribution >= 4 is 11.8 Å². The molecule has 0 aromatic heterocycles. The smallest absolute Gasteiger partial charge is 0.305 e. The van der Waals surface area contributed by atoms with E-state index in [2.05, 4.69) is 25.7 Å². The van der Waals surface area contributed by atoms with E-state index in [0.717, 1.165) is 96.7 Å². The Hall–Kier alpha value is -0.980. The van der Waals surface area contributed by atoms with Crippen LogP contribution >= 0.6 is 0 Å². The SMILES string of the molecule is CCCCCCCCCOC(=O)CCCCCCCN(CCO)CCCCCCC(=O)COC(CCCCCCCC)CCCCCCCC. The summed E-state index contributed by atoms with van der Waals surface area (Å²) in [5.74, 6) is 0.234. The minimum absolute atomic E-state index is 0.0333. The van der Waals surface area contributed by atoms with E-state index in [1.807, 2.05) is 0 Å². The van der Waals surface area contributed by atoms with Crippen molar-refractivity contribution in [1.82, 2.24) is 4.90 Å². The van der Waals surface area contributed by atoms with Crippen LogP contribution in [0.5, 0.6) is 0 Å². The molecule has 0 bridgehead atoms. The lowest BCUT2D eigenvalue weighted by atomic mass is 10.0. The van der Waals surface area contributed by atoms with E-state index in [9.17, 15) is 14.7 Å². The maximum Gasteiger partial charge on any atom is 0.305 e. The number of ether oxygens (including phenoxy) is 2. The lowest BCUT2D eigenvalue weighted by Gasteiger charge is -2.21. The molecule has 0 unspecified atom stereocenters. The third-order valence-corrected chi connectivity index (χ3v) is 10.2. The zero-order valence-electron chi connectivity index (χ0n) is 34.0. The highest BCUT2D eigenvalue weighted by atomic mass is 16.5. The number of hydrogen-bond donors (Lipinski definition) is 1. The van der Waals surface area contributed by atoms with Crippen LogP contribution in [-0.4, -0.2) is 67.3 Å². The molecule has 0 aliphatic carbocycles. The number of rotatable bonds is 42. The van der Waals surface area contributed by atoms with Crippen LogP contribution < -0.4 is 0 Å². The number of Topliss-reactive ketones (excluding diaryl/α,β-unsaturated/α-hetero) is 1. The monoisotopic (exact) mass is 710 g/mol. The minimum atomic E-state index is -0.0333. The first-order valence-corrected chi connectivity index (χ1v) is 22.2. The number of ketones is 1. The molecule has 0 saturated heterocycles. The molecule has 298 valence electrons. The maximum absolute atomic E-state index is 12.6. The molecule has 50 heavy (non-hydrogen) atoms. The molecular weight excluding hydrogens is 622 g/mol. The van der Waals surface area contributed by atoms with Gasteiger partial charge in [-0.25, -0.2) is 0 Å². The summed E-state index contributed by atoms with van der Waals surface area (Å²) in [7, 11) is 0. The number of carbonyl (C=O) groups is 2. The summed E-state index contributed by atoms with van der Waals surface area (Å²) in [4.78, 5) is 27.0. The van der Waals surface area contributed by atoms with Crippen LogP contribution in [0, 0.1) is 0 Å². The van der Waals surface area contributed by atoms with Gasteiger partial charge in [0.05, 0.1) is 19.3 Å². The molecule has 0 aliphatic rings. The van der Waals surface area contributed by atoms with E-state index in [1.165, 1.54) is 116 Å². The molecule has 0 saturated carbocycles. The Balaban J connectivity index is 3.94. The zero-order valence-corrected chi connectivity index (χ0v) is 34.0. The molecule has 0 spiro atoms. The van der Waals surface area contributed by atoms with Crippen molar-refractivity contribution in [1.29, 1.82) is 0 Å². The van der Waals surface area contributed by atoms with E-state index in [-0.39, 0.29) is 24.5 Å². The number of nitrogens with zero attached hydrogens (tertiary/aromatic N) is 1. The second kappa shape index (κ2) is 40.8. The van der Waals surface area contributed by atoms with E-state index in [0.29, 0.717) is 26.1 Å². The van der Waals surface area contributed by atoms with Crippen molar-refractivity contribution < 1.29 is 24.2 Å². The predicted molar refractivity (Wildman–Crippen MR) is 214 cm³/mol. The summed E-state index contributed by atoms with van der Waals surface area (Å²) in [5, 5.41) is 9.54. The Bertz CT molecular complexity index is 686. The van der Waals surface area contributed by atoms with Crippen molar-refractivity contribution in [3.63, 3.8) is 0 Å². The fourth-order valence-corrected chi connectivity index (χ4v) is 6.84. The first-order valence-electron chi connectivity index (χ1n) is 22.2. The molecule has 0 aliphatic heterocycles. The summed E-state index contributed by atoms with van der Waals surface area (Å²) >= 11 is 0. The standard InChI is InChI=1S/C44H87NO5/c1-4-7-10-13-16-24-31-40-49-44(48)35-28-20-17-22-29-36-45(38-39-46)37-30-23-21-25-32-42(47)41-50-43(33-26-18-14-11-8-5-2)34-27-19-15-12-9-6-3/h43,46H,4-41H2,1-3H3. The average Bonchev–Trinajstić information content (AvgIpc) is 3.11. The minimum Gasteiger partial charge on any atom is -0.466 e. The second-order valence-electron chi connectivity index (χ2n) is 15.2. The van der Waals surface area contributed by atoms with Gasteiger partial charge in [-0.15, -0.1) is 0 Å². The van der Waals surface area contributed by atoms with E-state index in [1.54, 1.807) is 0 Å².